The van der Waals surface area contributed by atoms with Gasteiger partial charge in [0, 0.05) is 19.3 Å². The van der Waals surface area contributed by atoms with E-state index in [2.05, 4.69) is 10.4 Å². The van der Waals surface area contributed by atoms with Gasteiger partial charge in [0.2, 0.25) is 5.91 Å². The number of imide groups is 1. The molecular weight excluding hydrogens is 256 g/mol. The van der Waals surface area contributed by atoms with Gasteiger partial charge in [0.15, 0.2) is 0 Å². The van der Waals surface area contributed by atoms with E-state index >= 15 is 0 Å². The summed E-state index contributed by atoms with van der Waals surface area (Å²) in [5.41, 5.74) is 1.64. The Labute approximate surface area is 119 Å². The standard InChI is InChI=1S/C14H22N4O2/c1-5-10(6-2)18-13(19)7-11(14(18)20)15-12-8-17(4)16-9(12)3/h8,10-11,15H,5-7H2,1-4H3. The van der Waals surface area contributed by atoms with Crippen LogP contribution in [0.5, 0.6) is 0 Å². The normalized spacial score (nSPS) is 19.2. The Kier molecular flexibility index (Phi) is 4.11. The third-order valence-electron chi connectivity index (χ3n) is 3.83. The third kappa shape index (κ3) is 2.55. The van der Waals surface area contributed by atoms with Gasteiger partial charge in [-0.25, -0.2) is 0 Å². The molecule has 110 valence electrons. The fourth-order valence-electron chi connectivity index (χ4n) is 2.73. The highest BCUT2D eigenvalue weighted by Crippen LogP contribution is 2.23. The van der Waals surface area contributed by atoms with Gasteiger partial charge in [0.05, 0.1) is 17.8 Å². The molecule has 0 aromatic carbocycles. The molecular formula is C14H22N4O2. The van der Waals surface area contributed by atoms with Crippen LogP contribution in [-0.2, 0) is 16.6 Å². The van der Waals surface area contributed by atoms with Crippen molar-refractivity contribution in [3.63, 3.8) is 0 Å². The lowest BCUT2D eigenvalue weighted by molar-refractivity contribution is -0.141. The van der Waals surface area contributed by atoms with Gasteiger partial charge in [-0.15, -0.1) is 0 Å². The highest BCUT2D eigenvalue weighted by molar-refractivity contribution is 6.07. The molecule has 2 rings (SSSR count). The Morgan fingerprint density at radius 2 is 2.05 bits per heavy atom. The molecule has 1 aromatic rings. The summed E-state index contributed by atoms with van der Waals surface area (Å²) in [6, 6.07) is -0.456. The fourth-order valence-corrected chi connectivity index (χ4v) is 2.73. The van der Waals surface area contributed by atoms with Gasteiger partial charge >= 0.3 is 0 Å². The molecule has 1 N–H and O–H groups in total. The van der Waals surface area contributed by atoms with Crippen LogP contribution in [0.1, 0.15) is 38.8 Å². The first-order valence-electron chi connectivity index (χ1n) is 7.10. The Morgan fingerprint density at radius 3 is 2.55 bits per heavy atom. The number of carbonyl (C=O) groups is 2. The van der Waals surface area contributed by atoms with E-state index in [0.29, 0.717) is 0 Å². The second kappa shape index (κ2) is 5.64. The molecule has 2 amide bonds. The number of rotatable bonds is 5. The minimum Gasteiger partial charge on any atom is -0.370 e. The average molecular weight is 278 g/mol. The molecule has 6 heteroatoms. The molecule has 1 atom stereocenters. The van der Waals surface area contributed by atoms with Crippen molar-refractivity contribution in [2.75, 3.05) is 5.32 Å². The lowest BCUT2D eigenvalue weighted by Gasteiger charge is -2.24. The Balaban J connectivity index is 2.14. The minimum atomic E-state index is -0.467. The summed E-state index contributed by atoms with van der Waals surface area (Å²) in [4.78, 5) is 25.9. The molecule has 0 radical (unpaired) electrons. The molecule has 0 aliphatic carbocycles. The molecule has 20 heavy (non-hydrogen) atoms. The maximum absolute atomic E-state index is 12.4. The minimum absolute atomic E-state index is 0.0109. The number of hydrogen-bond donors (Lipinski definition) is 1. The van der Waals surface area contributed by atoms with Crippen LogP contribution in [0.3, 0.4) is 0 Å². The van der Waals surface area contributed by atoms with Crippen molar-refractivity contribution in [1.29, 1.82) is 0 Å². The molecule has 1 aliphatic rings. The second-order valence-corrected chi connectivity index (χ2v) is 5.28. The topological polar surface area (TPSA) is 67.2 Å². The summed E-state index contributed by atoms with van der Waals surface area (Å²) in [6.07, 6.45) is 3.65. The van der Waals surface area contributed by atoms with E-state index < -0.39 is 6.04 Å². The molecule has 1 unspecified atom stereocenters. The first-order chi connectivity index (χ1) is 9.47. The highest BCUT2D eigenvalue weighted by Gasteiger charge is 2.41. The van der Waals surface area contributed by atoms with E-state index in [1.54, 1.807) is 4.68 Å². The molecule has 0 saturated carbocycles. The largest absolute Gasteiger partial charge is 0.370 e. The Morgan fingerprint density at radius 1 is 1.40 bits per heavy atom. The zero-order valence-electron chi connectivity index (χ0n) is 12.5. The average Bonchev–Trinajstić information content (AvgIpc) is 2.85. The third-order valence-corrected chi connectivity index (χ3v) is 3.83. The summed E-state index contributed by atoms with van der Waals surface area (Å²) in [6.45, 7) is 5.88. The molecule has 1 fully saturated rings. The van der Waals surface area contributed by atoms with Crippen molar-refractivity contribution in [2.24, 2.45) is 7.05 Å². The fraction of sp³-hybridized carbons (Fsp3) is 0.643. The van der Waals surface area contributed by atoms with E-state index in [1.807, 2.05) is 34.0 Å². The Bertz CT molecular complexity index is 519. The van der Waals surface area contributed by atoms with Gasteiger partial charge < -0.3 is 5.32 Å². The number of anilines is 1. The van der Waals surface area contributed by atoms with E-state index in [0.717, 1.165) is 24.2 Å². The summed E-state index contributed by atoms with van der Waals surface area (Å²) < 4.78 is 1.69. The number of amides is 2. The van der Waals surface area contributed by atoms with Crippen molar-refractivity contribution in [2.45, 2.75) is 52.1 Å². The van der Waals surface area contributed by atoms with E-state index in [-0.39, 0.29) is 24.3 Å². The number of nitrogens with zero attached hydrogens (tertiary/aromatic N) is 3. The van der Waals surface area contributed by atoms with E-state index in [9.17, 15) is 9.59 Å². The van der Waals surface area contributed by atoms with Gasteiger partial charge in [-0.2, -0.15) is 5.10 Å². The quantitative estimate of drug-likeness (QED) is 0.828. The number of nitrogens with one attached hydrogen (secondary N) is 1. The number of aromatic nitrogens is 2. The predicted molar refractivity (Wildman–Crippen MR) is 76.2 cm³/mol. The lowest BCUT2D eigenvalue weighted by atomic mass is 10.1. The Hall–Kier alpha value is -1.85. The number of carbonyl (C=O) groups excluding carboxylic acids is 2. The van der Waals surface area contributed by atoms with Crippen LogP contribution < -0.4 is 5.32 Å². The van der Waals surface area contributed by atoms with Crippen LogP contribution >= 0.6 is 0 Å². The number of aryl methyl sites for hydroxylation is 2. The summed E-state index contributed by atoms with van der Waals surface area (Å²) in [7, 11) is 1.83. The van der Waals surface area contributed by atoms with Crippen molar-refractivity contribution in [3.8, 4) is 0 Å². The number of hydrogen-bond acceptors (Lipinski definition) is 4. The van der Waals surface area contributed by atoms with Gasteiger partial charge in [-0.05, 0) is 19.8 Å². The van der Waals surface area contributed by atoms with Crippen molar-refractivity contribution in [3.05, 3.63) is 11.9 Å². The maximum atomic E-state index is 12.4. The van der Waals surface area contributed by atoms with Crippen LogP contribution in [0.2, 0.25) is 0 Å². The molecule has 0 spiro atoms. The van der Waals surface area contributed by atoms with Gasteiger partial charge in [0.25, 0.3) is 5.91 Å². The van der Waals surface area contributed by atoms with Crippen molar-refractivity contribution in [1.82, 2.24) is 14.7 Å². The molecule has 1 aliphatic heterocycles. The van der Waals surface area contributed by atoms with E-state index in [1.165, 1.54) is 4.90 Å². The summed E-state index contributed by atoms with van der Waals surface area (Å²) in [5, 5.41) is 7.38. The van der Waals surface area contributed by atoms with Crippen LogP contribution in [0.25, 0.3) is 0 Å². The first-order valence-corrected chi connectivity index (χ1v) is 7.10. The zero-order valence-corrected chi connectivity index (χ0v) is 12.5. The van der Waals surface area contributed by atoms with Crippen LogP contribution in [-0.4, -0.2) is 38.6 Å². The van der Waals surface area contributed by atoms with Crippen molar-refractivity contribution >= 4 is 17.5 Å². The van der Waals surface area contributed by atoms with Crippen LogP contribution in [0.4, 0.5) is 5.69 Å². The number of likely N-dealkylation sites (tertiary alicyclic amines) is 1. The molecule has 1 saturated heterocycles. The highest BCUT2D eigenvalue weighted by atomic mass is 16.2. The molecule has 1 aromatic heterocycles. The van der Waals surface area contributed by atoms with Crippen molar-refractivity contribution < 1.29 is 9.59 Å². The lowest BCUT2D eigenvalue weighted by Crippen LogP contribution is -2.41. The van der Waals surface area contributed by atoms with Gasteiger partial charge in [-0.3, -0.25) is 19.2 Å². The second-order valence-electron chi connectivity index (χ2n) is 5.28. The van der Waals surface area contributed by atoms with Crippen LogP contribution in [0.15, 0.2) is 6.20 Å². The SMILES string of the molecule is CCC(CC)N1C(=O)CC(Nc2cn(C)nc2C)C1=O. The molecule has 0 bridgehead atoms. The predicted octanol–water partition coefficient (Wildman–Crippen LogP) is 1.46. The molecule has 6 nitrogen and oxygen atoms in total. The van der Waals surface area contributed by atoms with Gasteiger partial charge in [-0.1, -0.05) is 13.8 Å². The first kappa shape index (κ1) is 14.6. The maximum Gasteiger partial charge on any atom is 0.252 e. The summed E-state index contributed by atoms with van der Waals surface area (Å²) in [5.74, 6) is -0.199. The zero-order chi connectivity index (χ0) is 14.9. The smallest absolute Gasteiger partial charge is 0.252 e. The van der Waals surface area contributed by atoms with Gasteiger partial charge in [0.1, 0.15) is 6.04 Å². The molecule has 2 heterocycles. The summed E-state index contributed by atoms with van der Waals surface area (Å²) >= 11 is 0. The van der Waals surface area contributed by atoms with Crippen LogP contribution in [0, 0.1) is 6.92 Å². The monoisotopic (exact) mass is 278 g/mol. The van der Waals surface area contributed by atoms with E-state index in [4.69, 9.17) is 0 Å².